The largest absolute Gasteiger partial charge is 0.306 e. The number of hydrogen-bond acceptors (Lipinski definition) is 4. The van der Waals surface area contributed by atoms with Gasteiger partial charge in [0.05, 0.1) is 6.54 Å². The van der Waals surface area contributed by atoms with Crippen LogP contribution < -0.4 is 5.32 Å². The highest BCUT2D eigenvalue weighted by molar-refractivity contribution is 4.85. The van der Waals surface area contributed by atoms with Gasteiger partial charge in [0.25, 0.3) is 0 Å². The van der Waals surface area contributed by atoms with Crippen molar-refractivity contribution in [1.82, 2.24) is 25.0 Å². The molecule has 0 bridgehead atoms. The van der Waals surface area contributed by atoms with Crippen molar-refractivity contribution in [2.24, 2.45) is 0 Å². The van der Waals surface area contributed by atoms with Crippen molar-refractivity contribution in [3.63, 3.8) is 0 Å². The highest BCUT2D eigenvalue weighted by Gasteiger charge is 2.14. The van der Waals surface area contributed by atoms with E-state index in [0.29, 0.717) is 6.04 Å². The third-order valence-corrected chi connectivity index (χ3v) is 3.47. The van der Waals surface area contributed by atoms with Gasteiger partial charge in [-0.3, -0.25) is 0 Å². The summed E-state index contributed by atoms with van der Waals surface area (Å²) in [5, 5.41) is 7.79. The average molecular weight is 251 g/mol. The van der Waals surface area contributed by atoms with E-state index in [2.05, 4.69) is 34.1 Å². The maximum Gasteiger partial charge on any atom is 0.140 e. The van der Waals surface area contributed by atoms with Crippen molar-refractivity contribution in [2.45, 2.75) is 52.2 Å². The Kier molecular flexibility index (Phi) is 5.13. The van der Waals surface area contributed by atoms with Gasteiger partial charge in [0.1, 0.15) is 12.2 Å². The van der Waals surface area contributed by atoms with Crippen LogP contribution in [0.15, 0.2) is 6.33 Å². The first kappa shape index (κ1) is 13.5. The van der Waals surface area contributed by atoms with Gasteiger partial charge in [-0.15, -0.1) is 0 Å². The molecule has 0 aromatic carbocycles. The van der Waals surface area contributed by atoms with Gasteiger partial charge in [-0.2, -0.15) is 5.10 Å². The standard InChI is InChI=1S/C13H25N5/c1-3-6-18-13(15-11-16-18)9-14-12(2)10-17-7-4-5-8-17/h11-12,14H,3-10H2,1-2H3. The summed E-state index contributed by atoms with van der Waals surface area (Å²) in [6, 6.07) is 0.509. The molecule has 18 heavy (non-hydrogen) atoms. The molecule has 5 heteroatoms. The molecular formula is C13H25N5. The lowest BCUT2D eigenvalue weighted by Crippen LogP contribution is -2.38. The van der Waals surface area contributed by atoms with E-state index in [0.717, 1.165) is 31.9 Å². The summed E-state index contributed by atoms with van der Waals surface area (Å²) in [6.07, 6.45) is 5.46. The Morgan fingerprint density at radius 2 is 2.17 bits per heavy atom. The Balaban J connectivity index is 1.74. The predicted molar refractivity (Wildman–Crippen MR) is 72.3 cm³/mol. The lowest BCUT2D eigenvalue weighted by Gasteiger charge is -2.21. The van der Waals surface area contributed by atoms with Crippen molar-refractivity contribution >= 4 is 0 Å². The zero-order valence-corrected chi connectivity index (χ0v) is 11.6. The van der Waals surface area contributed by atoms with Crippen LogP contribution in [0.25, 0.3) is 0 Å². The van der Waals surface area contributed by atoms with Gasteiger partial charge in [0, 0.05) is 19.1 Å². The SMILES string of the molecule is CCCn1ncnc1CNC(C)CN1CCCC1. The maximum atomic E-state index is 4.31. The van der Waals surface area contributed by atoms with Crippen LogP contribution in [0, 0.1) is 0 Å². The van der Waals surface area contributed by atoms with Crippen molar-refractivity contribution in [3.8, 4) is 0 Å². The summed E-state index contributed by atoms with van der Waals surface area (Å²) in [7, 11) is 0. The lowest BCUT2D eigenvalue weighted by molar-refractivity contribution is 0.296. The molecule has 0 amide bonds. The van der Waals surface area contributed by atoms with Crippen molar-refractivity contribution in [3.05, 3.63) is 12.2 Å². The smallest absolute Gasteiger partial charge is 0.140 e. The fourth-order valence-electron chi connectivity index (χ4n) is 2.51. The maximum absolute atomic E-state index is 4.31. The normalized spacial score (nSPS) is 18.3. The summed E-state index contributed by atoms with van der Waals surface area (Å²) in [5.41, 5.74) is 0. The van der Waals surface area contributed by atoms with E-state index < -0.39 is 0 Å². The number of rotatable bonds is 7. The van der Waals surface area contributed by atoms with E-state index in [1.807, 2.05) is 4.68 Å². The predicted octanol–water partition coefficient (Wildman–Crippen LogP) is 1.26. The molecule has 0 saturated carbocycles. The molecule has 1 unspecified atom stereocenters. The third kappa shape index (κ3) is 3.78. The molecule has 102 valence electrons. The second-order valence-electron chi connectivity index (χ2n) is 5.19. The first-order valence-electron chi connectivity index (χ1n) is 7.12. The minimum atomic E-state index is 0.509. The number of aromatic nitrogens is 3. The van der Waals surface area contributed by atoms with Crippen LogP contribution in [0.4, 0.5) is 0 Å². The van der Waals surface area contributed by atoms with E-state index in [1.54, 1.807) is 6.33 Å². The Morgan fingerprint density at radius 1 is 1.39 bits per heavy atom. The van der Waals surface area contributed by atoms with Gasteiger partial charge in [0.15, 0.2) is 0 Å². The third-order valence-electron chi connectivity index (χ3n) is 3.47. The fourth-order valence-corrected chi connectivity index (χ4v) is 2.51. The molecule has 1 atom stereocenters. The van der Waals surface area contributed by atoms with Gasteiger partial charge in [-0.25, -0.2) is 9.67 Å². The molecule has 0 spiro atoms. The van der Waals surface area contributed by atoms with E-state index in [-0.39, 0.29) is 0 Å². The minimum Gasteiger partial charge on any atom is -0.306 e. The first-order chi connectivity index (χ1) is 8.79. The number of aryl methyl sites for hydroxylation is 1. The fraction of sp³-hybridized carbons (Fsp3) is 0.846. The summed E-state index contributed by atoms with van der Waals surface area (Å²) in [6.45, 7) is 9.85. The quantitative estimate of drug-likeness (QED) is 0.792. The van der Waals surface area contributed by atoms with Crippen molar-refractivity contribution in [2.75, 3.05) is 19.6 Å². The van der Waals surface area contributed by atoms with Crippen LogP contribution >= 0.6 is 0 Å². The van der Waals surface area contributed by atoms with Crippen LogP contribution in [-0.4, -0.2) is 45.3 Å². The molecule has 0 aliphatic carbocycles. The summed E-state index contributed by atoms with van der Waals surface area (Å²) in [4.78, 5) is 6.85. The summed E-state index contributed by atoms with van der Waals surface area (Å²) in [5.74, 6) is 1.05. The molecule has 1 aliphatic rings. The number of likely N-dealkylation sites (tertiary alicyclic amines) is 1. The van der Waals surface area contributed by atoms with E-state index >= 15 is 0 Å². The van der Waals surface area contributed by atoms with Gasteiger partial charge in [-0.05, 0) is 39.3 Å². The Labute approximate surface area is 110 Å². The van der Waals surface area contributed by atoms with Gasteiger partial charge in [0.2, 0.25) is 0 Å². The van der Waals surface area contributed by atoms with Crippen LogP contribution in [0.3, 0.4) is 0 Å². The zero-order valence-electron chi connectivity index (χ0n) is 11.6. The van der Waals surface area contributed by atoms with Gasteiger partial charge >= 0.3 is 0 Å². The van der Waals surface area contributed by atoms with Crippen LogP contribution in [0.1, 0.15) is 38.9 Å². The Bertz CT molecular complexity index is 343. The Morgan fingerprint density at radius 3 is 2.89 bits per heavy atom. The van der Waals surface area contributed by atoms with Gasteiger partial charge in [-0.1, -0.05) is 6.92 Å². The molecule has 0 radical (unpaired) electrons. The topological polar surface area (TPSA) is 46.0 Å². The lowest BCUT2D eigenvalue weighted by atomic mass is 10.3. The summed E-state index contributed by atoms with van der Waals surface area (Å²) >= 11 is 0. The molecule has 1 saturated heterocycles. The molecular weight excluding hydrogens is 226 g/mol. The molecule has 1 aromatic heterocycles. The van der Waals surface area contributed by atoms with Crippen molar-refractivity contribution < 1.29 is 0 Å². The van der Waals surface area contributed by atoms with Crippen molar-refractivity contribution in [1.29, 1.82) is 0 Å². The summed E-state index contributed by atoms with van der Waals surface area (Å²) < 4.78 is 2.00. The Hall–Kier alpha value is -0.940. The molecule has 1 aliphatic heterocycles. The number of hydrogen-bond donors (Lipinski definition) is 1. The van der Waals surface area contributed by atoms with E-state index in [9.17, 15) is 0 Å². The minimum absolute atomic E-state index is 0.509. The number of nitrogens with one attached hydrogen (secondary N) is 1. The number of nitrogens with zero attached hydrogens (tertiary/aromatic N) is 4. The van der Waals surface area contributed by atoms with Crippen LogP contribution in [-0.2, 0) is 13.1 Å². The van der Waals surface area contributed by atoms with E-state index in [4.69, 9.17) is 0 Å². The zero-order chi connectivity index (χ0) is 12.8. The average Bonchev–Trinajstić information content (AvgIpc) is 2.99. The van der Waals surface area contributed by atoms with E-state index in [1.165, 1.54) is 25.9 Å². The second-order valence-corrected chi connectivity index (χ2v) is 5.19. The van der Waals surface area contributed by atoms with Crippen LogP contribution in [0.5, 0.6) is 0 Å². The highest BCUT2D eigenvalue weighted by Crippen LogP contribution is 2.07. The molecule has 1 N–H and O–H groups in total. The monoisotopic (exact) mass is 251 g/mol. The molecule has 5 nitrogen and oxygen atoms in total. The molecule has 1 fully saturated rings. The first-order valence-corrected chi connectivity index (χ1v) is 7.12. The molecule has 2 rings (SSSR count). The highest BCUT2D eigenvalue weighted by atomic mass is 15.3. The van der Waals surface area contributed by atoms with Crippen LogP contribution in [0.2, 0.25) is 0 Å². The van der Waals surface area contributed by atoms with Gasteiger partial charge < -0.3 is 10.2 Å². The second kappa shape index (κ2) is 6.85. The molecule has 1 aromatic rings. The molecule has 2 heterocycles.